The lowest BCUT2D eigenvalue weighted by Crippen LogP contribution is -2.29. The van der Waals surface area contributed by atoms with Gasteiger partial charge in [0.05, 0.1) is 0 Å². The first-order valence-corrected chi connectivity index (χ1v) is 5.32. The SMILES string of the molecule is CC(C)NC1N=C(N)SS1. The Morgan fingerprint density at radius 1 is 1.70 bits per heavy atom. The van der Waals surface area contributed by atoms with Gasteiger partial charge in [-0.2, -0.15) is 0 Å². The van der Waals surface area contributed by atoms with E-state index in [2.05, 4.69) is 24.2 Å². The Bertz CT molecular complexity index is 146. The Morgan fingerprint density at radius 2 is 2.40 bits per heavy atom. The highest BCUT2D eigenvalue weighted by molar-refractivity contribution is 8.82. The summed E-state index contributed by atoms with van der Waals surface area (Å²) in [6.07, 6.45) is 0. The molecule has 0 aromatic rings. The largest absolute Gasteiger partial charge is 0.378 e. The van der Waals surface area contributed by atoms with Gasteiger partial charge in [-0.3, -0.25) is 5.32 Å². The third kappa shape index (κ3) is 2.40. The fourth-order valence-electron chi connectivity index (χ4n) is 0.604. The van der Waals surface area contributed by atoms with Crippen molar-refractivity contribution in [2.75, 3.05) is 0 Å². The maximum Gasteiger partial charge on any atom is 0.167 e. The van der Waals surface area contributed by atoms with E-state index in [0.717, 1.165) is 0 Å². The van der Waals surface area contributed by atoms with E-state index in [1.165, 1.54) is 10.8 Å². The van der Waals surface area contributed by atoms with Gasteiger partial charge in [-0.1, -0.05) is 0 Å². The van der Waals surface area contributed by atoms with Gasteiger partial charge in [0.25, 0.3) is 0 Å². The second-order valence-corrected chi connectivity index (χ2v) is 4.62. The summed E-state index contributed by atoms with van der Waals surface area (Å²) in [5.41, 5.74) is 5.61. The van der Waals surface area contributed by atoms with Crippen LogP contribution in [0.5, 0.6) is 0 Å². The van der Waals surface area contributed by atoms with Crippen LogP contribution in [-0.2, 0) is 0 Å². The molecule has 0 fully saturated rings. The lowest BCUT2D eigenvalue weighted by atomic mass is 10.4. The molecule has 58 valence electrons. The molecule has 0 saturated carbocycles. The first-order valence-electron chi connectivity index (χ1n) is 3.11. The van der Waals surface area contributed by atoms with Gasteiger partial charge in [0.2, 0.25) is 0 Å². The molecule has 0 saturated heterocycles. The lowest BCUT2D eigenvalue weighted by molar-refractivity contribution is 0.578. The predicted molar refractivity (Wildman–Crippen MR) is 48.9 cm³/mol. The van der Waals surface area contributed by atoms with Crippen LogP contribution >= 0.6 is 21.6 Å². The summed E-state index contributed by atoms with van der Waals surface area (Å²) in [7, 11) is 3.18. The average molecular weight is 177 g/mol. The van der Waals surface area contributed by atoms with Crippen molar-refractivity contribution in [3.05, 3.63) is 0 Å². The Hall–Kier alpha value is 0.130. The van der Waals surface area contributed by atoms with Crippen LogP contribution in [0.15, 0.2) is 4.99 Å². The highest BCUT2D eigenvalue weighted by Crippen LogP contribution is 2.32. The molecule has 3 N–H and O–H groups in total. The van der Waals surface area contributed by atoms with Crippen molar-refractivity contribution in [3.8, 4) is 0 Å². The third-order valence-electron chi connectivity index (χ3n) is 0.945. The van der Waals surface area contributed by atoms with Crippen molar-refractivity contribution in [1.29, 1.82) is 0 Å². The monoisotopic (exact) mass is 177 g/mol. The van der Waals surface area contributed by atoms with Gasteiger partial charge in [-0.25, -0.2) is 4.99 Å². The molecule has 0 bridgehead atoms. The number of rotatable bonds is 2. The highest BCUT2D eigenvalue weighted by Gasteiger charge is 2.16. The Labute approximate surface area is 68.6 Å². The first kappa shape index (κ1) is 8.23. The summed E-state index contributed by atoms with van der Waals surface area (Å²) in [5.74, 6) is 0. The summed E-state index contributed by atoms with van der Waals surface area (Å²) >= 11 is 0. The summed E-state index contributed by atoms with van der Waals surface area (Å²) < 4.78 is 0. The number of nitrogens with two attached hydrogens (primary N) is 1. The summed E-state index contributed by atoms with van der Waals surface area (Å²) in [4.78, 5) is 4.14. The number of nitrogens with one attached hydrogen (secondary N) is 1. The van der Waals surface area contributed by atoms with Gasteiger partial charge in [0, 0.05) is 6.04 Å². The quantitative estimate of drug-likeness (QED) is 0.617. The molecule has 0 radical (unpaired) electrons. The van der Waals surface area contributed by atoms with Crippen LogP contribution < -0.4 is 11.1 Å². The number of aliphatic imine (C=N–C) groups is 1. The normalized spacial score (nSPS) is 25.5. The standard InChI is InChI=1S/C5H11N3S2/c1-3(2)7-5-8-4(6)9-10-5/h3,5,7H,1-2H3,(H2,6,8). The van der Waals surface area contributed by atoms with E-state index in [0.29, 0.717) is 11.2 Å². The van der Waals surface area contributed by atoms with Crippen LogP contribution in [0.2, 0.25) is 0 Å². The molecule has 1 aliphatic rings. The molecule has 5 heteroatoms. The van der Waals surface area contributed by atoms with Gasteiger partial charge >= 0.3 is 0 Å². The van der Waals surface area contributed by atoms with Crippen LogP contribution in [0, 0.1) is 0 Å². The molecular weight excluding hydrogens is 166 g/mol. The summed E-state index contributed by atoms with van der Waals surface area (Å²) in [5, 5.41) is 3.92. The van der Waals surface area contributed by atoms with E-state index >= 15 is 0 Å². The van der Waals surface area contributed by atoms with Gasteiger partial charge in [-0.15, -0.1) is 0 Å². The zero-order valence-electron chi connectivity index (χ0n) is 6.00. The van der Waals surface area contributed by atoms with Crippen LogP contribution in [0.4, 0.5) is 0 Å². The van der Waals surface area contributed by atoms with Crippen molar-refractivity contribution in [2.45, 2.75) is 25.4 Å². The summed E-state index contributed by atoms with van der Waals surface area (Å²) in [6.45, 7) is 4.19. The fourth-order valence-corrected chi connectivity index (χ4v) is 2.49. The molecule has 1 aliphatic heterocycles. The van der Waals surface area contributed by atoms with Crippen molar-refractivity contribution < 1.29 is 0 Å². The topological polar surface area (TPSA) is 50.4 Å². The minimum atomic E-state index is 0.157. The average Bonchev–Trinajstić information content (AvgIpc) is 2.13. The predicted octanol–water partition coefficient (Wildman–Crippen LogP) is 0.978. The second kappa shape index (κ2) is 3.50. The van der Waals surface area contributed by atoms with Crippen LogP contribution in [0.1, 0.15) is 13.8 Å². The van der Waals surface area contributed by atoms with Crippen LogP contribution in [-0.4, -0.2) is 16.7 Å². The van der Waals surface area contributed by atoms with Crippen molar-refractivity contribution in [1.82, 2.24) is 5.32 Å². The van der Waals surface area contributed by atoms with Gasteiger partial charge in [-0.05, 0) is 35.4 Å². The van der Waals surface area contributed by atoms with E-state index < -0.39 is 0 Å². The zero-order chi connectivity index (χ0) is 7.56. The van der Waals surface area contributed by atoms with Crippen molar-refractivity contribution in [3.63, 3.8) is 0 Å². The second-order valence-electron chi connectivity index (χ2n) is 2.32. The van der Waals surface area contributed by atoms with E-state index in [-0.39, 0.29) is 5.50 Å². The molecule has 3 nitrogen and oxygen atoms in total. The molecule has 1 unspecified atom stereocenters. The maximum atomic E-state index is 5.45. The van der Waals surface area contributed by atoms with Crippen molar-refractivity contribution in [2.24, 2.45) is 10.7 Å². The zero-order valence-corrected chi connectivity index (χ0v) is 7.63. The van der Waals surface area contributed by atoms with E-state index in [4.69, 9.17) is 5.73 Å². The van der Waals surface area contributed by atoms with E-state index in [1.807, 2.05) is 0 Å². The van der Waals surface area contributed by atoms with Crippen LogP contribution in [0.3, 0.4) is 0 Å². The third-order valence-corrected chi connectivity index (χ3v) is 3.09. The van der Waals surface area contributed by atoms with Gasteiger partial charge in [0.15, 0.2) is 10.7 Å². The smallest absolute Gasteiger partial charge is 0.167 e. The first-order chi connectivity index (χ1) is 4.68. The highest BCUT2D eigenvalue weighted by atomic mass is 33.1. The summed E-state index contributed by atoms with van der Waals surface area (Å²) in [6, 6.07) is 0.466. The molecule has 0 spiro atoms. The Balaban J connectivity index is 2.31. The number of hydrogen-bond acceptors (Lipinski definition) is 5. The van der Waals surface area contributed by atoms with Crippen molar-refractivity contribution >= 4 is 26.8 Å². The Morgan fingerprint density at radius 3 is 2.80 bits per heavy atom. The number of hydrogen-bond donors (Lipinski definition) is 2. The van der Waals surface area contributed by atoms with Gasteiger partial charge in [0.1, 0.15) is 0 Å². The molecule has 1 heterocycles. The molecular formula is C5H11N3S2. The van der Waals surface area contributed by atoms with E-state index in [9.17, 15) is 0 Å². The fraction of sp³-hybridized carbons (Fsp3) is 0.800. The minimum Gasteiger partial charge on any atom is -0.378 e. The molecule has 0 aromatic carbocycles. The molecule has 1 rings (SSSR count). The minimum absolute atomic E-state index is 0.157. The molecule has 1 atom stereocenters. The molecule has 0 aliphatic carbocycles. The maximum absolute atomic E-state index is 5.45. The lowest BCUT2D eigenvalue weighted by Gasteiger charge is -2.10. The Kier molecular flexibility index (Phi) is 2.88. The molecule has 10 heavy (non-hydrogen) atoms. The molecule has 0 amide bonds. The van der Waals surface area contributed by atoms with Crippen LogP contribution in [0.25, 0.3) is 0 Å². The number of amidine groups is 1. The van der Waals surface area contributed by atoms with E-state index in [1.54, 1.807) is 10.8 Å². The number of nitrogens with zero attached hydrogens (tertiary/aromatic N) is 1. The van der Waals surface area contributed by atoms with Gasteiger partial charge < -0.3 is 5.73 Å². The molecule has 0 aromatic heterocycles.